The SMILES string of the molecule is CC(C)(C)OC(=O)N1CC2(CCN2Cc2ccccc2)C1.Cl. The van der Waals surface area contributed by atoms with Crippen molar-refractivity contribution in [2.24, 2.45) is 0 Å². The van der Waals surface area contributed by atoms with Crippen LogP contribution in [-0.4, -0.2) is 46.7 Å². The summed E-state index contributed by atoms with van der Waals surface area (Å²) in [7, 11) is 0. The summed E-state index contributed by atoms with van der Waals surface area (Å²) >= 11 is 0. The van der Waals surface area contributed by atoms with E-state index in [1.807, 2.05) is 31.7 Å². The first kappa shape index (κ1) is 17.1. The van der Waals surface area contributed by atoms with E-state index >= 15 is 0 Å². The first-order valence-electron chi connectivity index (χ1n) is 7.65. The fourth-order valence-corrected chi connectivity index (χ4v) is 3.11. The van der Waals surface area contributed by atoms with E-state index in [4.69, 9.17) is 4.74 Å². The Bertz CT molecular complexity index is 521. The maximum atomic E-state index is 12.0. The number of carbonyl (C=O) groups excluding carboxylic acids is 1. The minimum absolute atomic E-state index is 0. The number of hydrogen-bond acceptors (Lipinski definition) is 3. The molecule has 0 radical (unpaired) electrons. The predicted molar refractivity (Wildman–Crippen MR) is 89.3 cm³/mol. The van der Waals surface area contributed by atoms with Gasteiger partial charge in [-0.3, -0.25) is 4.90 Å². The number of halogens is 1. The van der Waals surface area contributed by atoms with E-state index < -0.39 is 5.60 Å². The molecule has 2 heterocycles. The average molecular weight is 325 g/mol. The van der Waals surface area contributed by atoms with Gasteiger partial charge in [-0.05, 0) is 32.8 Å². The average Bonchev–Trinajstić information content (AvgIpc) is 2.32. The van der Waals surface area contributed by atoms with Gasteiger partial charge in [0.1, 0.15) is 5.60 Å². The van der Waals surface area contributed by atoms with Crippen molar-refractivity contribution in [1.29, 1.82) is 0 Å². The van der Waals surface area contributed by atoms with Crippen LogP contribution in [0.2, 0.25) is 0 Å². The molecule has 122 valence electrons. The summed E-state index contributed by atoms with van der Waals surface area (Å²) in [5.41, 5.74) is 1.13. The lowest BCUT2D eigenvalue weighted by Gasteiger charge is -2.62. The van der Waals surface area contributed by atoms with E-state index in [0.29, 0.717) is 0 Å². The molecule has 3 rings (SSSR count). The van der Waals surface area contributed by atoms with Crippen LogP contribution in [0, 0.1) is 0 Å². The third-order valence-corrected chi connectivity index (χ3v) is 4.36. The van der Waals surface area contributed by atoms with Crippen LogP contribution in [0.4, 0.5) is 4.79 Å². The van der Waals surface area contributed by atoms with Gasteiger partial charge in [-0.2, -0.15) is 0 Å². The minimum Gasteiger partial charge on any atom is -0.444 e. The van der Waals surface area contributed by atoms with E-state index in [1.165, 1.54) is 12.0 Å². The van der Waals surface area contributed by atoms with E-state index in [1.54, 1.807) is 0 Å². The summed E-state index contributed by atoms with van der Waals surface area (Å²) in [6.45, 7) is 9.42. The Morgan fingerprint density at radius 1 is 1.23 bits per heavy atom. The lowest BCUT2D eigenvalue weighted by atomic mass is 9.77. The van der Waals surface area contributed by atoms with Crippen molar-refractivity contribution < 1.29 is 9.53 Å². The second kappa shape index (κ2) is 6.09. The molecule has 1 aromatic carbocycles. The second-order valence-electron chi connectivity index (χ2n) is 7.22. The molecular weight excluding hydrogens is 300 g/mol. The smallest absolute Gasteiger partial charge is 0.410 e. The number of hydrogen-bond donors (Lipinski definition) is 0. The number of ether oxygens (including phenoxy) is 1. The third kappa shape index (κ3) is 3.39. The summed E-state index contributed by atoms with van der Waals surface area (Å²) < 4.78 is 5.43. The summed E-state index contributed by atoms with van der Waals surface area (Å²) in [5, 5.41) is 0. The number of nitrogens with zero attached hydrogens (tertiary/aromatic N) is 2. The van der Waals surface area contributed by atoms with Crippen LogP contribution < -0.4 is 0 Å². The van der Waals surface area contributed by atoms with Crippen molar-refractivity contribution in [2.45, 2.75) is 44.9 Å². The maximum Gasteiger partial charge on any atom is 0.410 e. The van der Waals surface area contributed by atoms with Crippen molar-refractivity contribution >= 4 is 18.5 Å². The molecule has 1 amide bonds. The van der Waals surface area contributed by atoms with Crippen molar-refractivity contribution in [3.05, 3.63) is 35.9 Å². The maximum absolute atomic E-state index is 12.0. The minimum atomic E-state index is -0.414. The van der Waals surface area contributed by atoms with Crippen molar-refractivity contribution in [3.8, 4) is 0 Å². The molecule has 0 aromatic heterocycles. The molecule has 4 nitrogen and oxygen atoms in total. The third-order valence-electron chi connectivity index (χ3n) is 4.36. The monoisotopic (exact) mass is 324 g/mol. The Labute approximate surface area is 138 Å². The lowest BCUT2D eigenvalue weighted by Crippen LogP contribution is -2.77. The molecule has 0 N–H and O–H groups in total. The molecule has 2 aliphatic rings. The zero-order chi connectivity index (χ0) is 15.1. The predicted octanol–water partition coefficient (Wildman–Crippen LogP) is 3.30. The highest BCUT2D eigenvalue weighted by Gasteiger charge is 2.55. The van der Waals surface area contributed by atoms with E-state index in [-0.39, 0.29) is 24.0 Å². The highest BCUT2D eigenvalue weighted by atomic mass is 35.5. The molecule has 1 spiro atoms. The molecule has 2 fully saturated rings. The van der Waals surface area contributed by atoms with Crippen LogP contribution in [0.15, 0.2) is 30.3 Å². The Morgan fingerprint density at radius 3 is 2.36 bits per heavy atom. The summed E-state index contributed by atoms with van der Waals surface area (Å²) in [6, 6.07) is 10.5. The van der Waals surface area contributed by atoms with Gasteiger partial charge in [0.25, 0.3) is 0 Å². The normalized spacial score (nSPS) is 19.9. The highest BCUT2D eigenvalue weighted by Crippen LogP contribution is 2.40. The second-order valence-corrected chi connectivity index (χ2v) is 7.22. The van der Waals surface area contributed by atoms with Crippen molar-refractivity contribution in [1.82, 2.24) is 9.80 Å². The fourth-order valence-electron chi connectivity index (χ4n) is 3.11. The van der Waals surface area contributed by atoms with Crippen molar-refractivity contribution in [3.63, 3.8) is 0 Å². The number of rotatable bonds is 2. The molecule has 0 aliphatic carbocycles. The fraction of sp³-hybridized carbons (Fsp3) is 0.588. The first-order valence-corrected chi connectivity index (χ1v) is 7.65. The number of carbonyl (C=O) groups is 1. The zero-order valence-electron chi connectivity index (χ0n) is 13.5. The van der Waals surface area contributed by atoms with Crippen LogP contribution in [-0.2, 0) is 11.3 Å². The van der Waals surface area contributed by atoms with E-state index in [0.717, 1.165) is 26.2 Å². The molecule has 0 saturated carbocycles. The topological polar surface area (TPSA) is 32.8 Å². The summed E-state index contributed by atoms with van der Waals surface area (Å²) in [5.74, 6) is 0. The molecule has 0 unspecified atom stereocenters. The standard InChI is InChI=1S/C17H24N2O2.ClH/c1-16(2,3)21-15(20)18-12-17(13-18)9-10-19(17)11-14-7-5-4-6-8-14;/h4-8H,9-13H2,1-3H3;1H. The molecule has 5 heteroatoms. The summed E-state index contributed by atoms with van der Waals surface area (Å²) in [4.78, 5) is 16.3. The van der Waals surface area contributed by atoms with Crippen LogP contribution in [0.1, 0.15) is 32.8 Å². The summed E-state index contributed by atoms with van der Waals surface area (Å²) in [6.07, 6.45) is 0.999. The molecule has 22 heavy (non-hydrogen) atoms. The Balaban J connectivity index is 0.00000176. The van der Waals surface area contributed by atoms with Gasteiger partial charge in [0.05, 0.1) is 5.54 Å². The van der Waals surface area contributed by atoms with Crippen molar-refractivity contribution in [2.75, 3.05) is 19.6 Å². The van der Waals surface area contributed by atoms with Gasteiger partial charge in [-0.15, -0.1) is 12.4 Å². The van der Waals surface area contributed by atoms with Gasteiger partial charge in [0, 0.05) is 26.2 Å². The molecular formula is C17H25ClN2O2. The molecule has 0 bridgehead atoms. The van der Waals surface area contributed by atoms with Gasteiger partial charge in [0.15, 0.2) is 0 Å². The molecule has 2 saturated heterocycles. The van der Waals surface area contributed by atoms with Gasteiger partial charge >= 0.3 is 6.09 Å². The number of benzene rings is 1. The van der Waals surface area contributed by atoms with Crippen LogP contribution in [0.25, 0.3) is 0 Å². The molecule has 0 atom stereocenters. The highest BCUT2D eigenvalue weighted by molar-refractivity contribution is 5.85. The van der Waals surface area contributed by atoms with E-state index in [9.17, 15) is 4.79 Å². The number of amides is 1. The largest absolute Gasteiger partial charge is 0.444 e. The molecule has 1 aromatic rings. The molecule has 2 aliphatic heterocycles. The zero-order valence-corrected chi connectivity index (χ0v) is 14.4. The quantitative estimate of drug-likeness (QED) is 0.836. The van der Waals surface area contributed by atoms with Crippen LogP contribution >= 0.6 is 12.4 Å². The Kier molecular flexibility index (Phi) is 4.73. The first-order chi connectivity index (χ1) is 9.88. The van der Waals surface area contributed by atoms with E-state index in [2.05, 4.69) is 29.2 Å². The van der Waals surface area contributed by atoms with Gasteiger partial charge < -0.3 is 9.64 Å². The van der Waals surface area contributed by atoms with Gasteiger partial charge in [0.2, 0.25) is 0 Å². The van der Waals surface area contributed by atoms with Gasteiger partial charge in [-0.1, -0.05) is 30.3 Å². The van der Waals surface area contributed by atoms with Crippen LogP contribution in [0.3, 0.4) is 0 Å². The lowest BCUT2D eigenvalue weighted by molar-refractivity contribution is -0.124. The number of likely N-dealkylation sites (tertiary alicyclic amines) is 2. The Hall–Kier alpha value is -1.26. The Morgan fingerprint density at radius 2 is 1.86 bits per heavy atom. The van der Waals surface area contributed by atoms with Gasteiger partial charge in [-0.25, -0.2) is 4.79 Å². The van der Waals surface area contributed by atoms with Crippen LogP contribution in [0.5, 0.6) is 0 Å².